The number of carbonyl (C=O) groups excluding carboxylic acids is 2. The predicted molar refractivity (Wildman–Crippen MR) is 93.2 cm³/mol. The van der Waals surface area contributed by atoms with E-state index >= 15 is 0 Å². The lowest BCUT2D eigenvalue weighted by atomic mass is 10.1. The Morgan fingerprint density at radius 3 is 1.87 bits per heavy atom. The maximum atomic E-state index is 11.7. The van der Waals surface area contributed by atoms with E-state index < -0.39 is 16.8 Å². The van der Waals surface area contributed by atoms with Crippen LogP contribution in [0.3, 0.4) is 0 Å². The fourth-order valence-electron chi connectivity index (χ4n) is 2.36. The van der Waals surface area contributed by atoms with Crippen molar-refractivity contribution in [3.8, 4) is 0 Å². The molecule has 0 amide bonds. The highest BCUT2D eigenvalue weighted by atomic mass is 35.5. The van der Waals surface area contributed by atoms with Crippen molar-refractivity contribution < 1.29 is 19.4 Å². The summed E-state index contributed by atoms with van der Waals surface area (Å²) in [6.07, 6.45) is 12.1. The van der Waals surface area contributed by atoms with Gasteiger partial charge < -0.3 is 0 Å². The minimum atomic E-state index is -1.13. The van der Waals surface area contributed by atoms with E-state index in [1.165, 1.54) is 38.5 Å². The largest absolute Gasteiger partial charge is 0.375 e. The molecule has 0 aromatic carbocycles. The van der Waals surface area contributed by atoms with Crippen LogP contribution in [0.4, 0.5) is 0 Å². The number of hydrogen-bond acceptors (Lipinski definition) is 4. The number of halogens is 1. The Kier molecular flexibility index (Phi) is 13.2. The summed E-state index contributed by atoms with van der Waals surface area (Å²) < 4.78 is 0. The Labute approximate surface area is 146 Å². The lowest BCUT2D eigenvalue weighted by molar-refractivity contribution is -0.261. The summed E-state index contributed by atoms with van der Waals surface area (Å²) in [7, 11) is 0. The molecule has 136 valence electrons. The van der Waals surface area contributed by atoms with Crippen LogP contribution in [-0.2, 0) is 19.4 Å². The van der Waals surface area contributed by atoms with E-state index in [1.54, 1.807) is 6.92 Å². The van der Waals surface area contributed by atoms with Crippen LogP contribution in [0.2, 0.25) is 0 Å². The topological polar surface area (TPSA) is 52.6 Å². The second-order valence-electron chi connectivity index (χ2n) is 6.35. The van der Waals surface area contributed by atoms with Crippen molar-refractivity contribution in [2.75, 3.05) is 0 Å². The standard InChI is InChI=1S/C18H33ClO4/c1-4-6-7-8-9-10-11-12-13-14-16(20)22-23-17(21)18(3,19)15-5-2/h4-15H2,1-3H3. The Balaban J connectivity index is 3.56. The highest BCUT2D eigenvalue weighted by Crippen LogP contribution is 2.22. The fourth-order valence-corrected chi connectivity index (χ4v) is 2.58. The first kappa shape index (κ1) is 22.2. The molecular formula is C18H33ClO4. The van der Waals surface area contributed by atoms with Crippen molar-refractivity contribution in [1.29, 1.82) is 0 Å². The summed E-state index contributed by atoms with van der Waals surface area (Å²) in [6, 6.07) is 0. The van der Waals surface area contributed by atoms with E-state index in [0.717, 1.165) is 25.7 Å². The minimum Gasteiger partial charge on any atom is -0.247 e. The maximum absolute atomic E-state index is 11.7. The lowest BCUT2D eigenvalue weighted by Crippen LogP contribution is -2.31. The number of carbonyl (C=O) groups is 2. The second-order valence-corrected chi connectivity index (χ2v) is 7.19. The Bertz CT molecular complexity index is 329. The molecule has 5 heteroatoms. The second kappa shape index (κ2) is 13.6. The summed E-state index contributed by atoms with van der Waals surface area (Å²) in [5, 5.41) is 0. The Hall–Kier alpha value is -0.770. The quantitative estimate of drug-likeness (QED) is 0.185. The van der Waals surface area contributed by atoms with Crippen molar-refractivity contribution in [1.82, 2.24) is 0 Å². The van der Waals surface area contributed by atoms with Crippen LogP contribution < -0.4 is 0 Å². The Morgan fingerprint density at radius 2 is 1.35 bits per heavy atom. The zero-order valence-corrected chi connectivity index (χ0v) is 15.8. The summed E-state index contributed by atoms with van der Waals surface area (Å²) in [6.45, 7) is 5.70. The number of rotatable bonds is 13. The predicted octanol–water partition coefficient (Wildman–Crippen LogP) is 5.71. The Morgan fingerprint density at radius 1 is 0.826 bits per heavy atom. The summed E-state index contributed by atoms with van der Waals surface area (Å²) in [5.41, 5.74) is 0. The first-order valence-electron chi connectivity index (χ1n) is 9.04. The molecule has 1 atom stereocenters. The molecule has 23 heavy (non-hydrogen) atoms. The van der Waals surface area contributed by atoms with Crippen LogP contribution in [0.1, 0.15) is 97.8 Å². The van der Waals surface area contributed by atoms with Crippen molar-refractivity contribution in [2.24, 2.45) is 0 Å². The summed E-state index contributed by atoms with van der Waals surface area (Å²) in [4.78, 5) is 31.1. The van der Waals surface area contributed by atoms with Crippen LogP contribution in [-0.4, -0.2) is 16.8 Å². The van der Waals surface area contributed by atoms with E-state index in [-0.39, 0.29) is 6.42 Å². The average Bonchev–Trinajstić information content (AvgIpc) is 2.50. The van der Waals surface area contributed by atoms with Crippen molar-refractivity contribution in [3.05, 3.63) is 0 Å². The molecule has 0 rings (SSSR count). The van der Waals surface area contributed by atoms with Gasteiger partial charge in [-0.1, -0.05) is 71.6 Å². The molecule has 1 unspecified atom stereocenters. The van der Waals surface area contributed by atoms with Crippen LogP contribution in [0.25, 0.3) is 0 Å². The van der Waals surface area contributed by atoms with Gasteiger partial charge in [-0.3, -0.25) is 0 Å². The molecule has 0 bridgehead atoms. The molecule has 0 heterocycles. The van der Waals surface area contributed by atoms with Gasteiger partial charge in [-0.15, -0.1) is 11.6 Å². The molecule has 0 radical (unpaired) electrons. The van der Waals surface area contributed by atoms with Gasteiger partial charge in [0, 0.05) is 0 Å². The molecule has 0 aliphatic heterocycles. The molecule has 0 aliphatic carbocycles. The maximum Gasteiger partial charge on any atom is 0.375 e. The fraction of sp³-hybridized carbons (Fsp3) is 0.889. The van der Waals surface area contributed by atoms with Gasteiger partial charge in [-0.25, -0.2) is 19.4 Å². The zero-order chi connectivity index (χ0) is 17.6. The first-order valence-corrected chi connectivity index (χ1v) is 9.42. The molecule has 0 saturated carbocycles. The van der Waals surface area contributed by atoms with Gasteiger partial charge >= 0.3 is 11.9 Å². The van der Waals surface area contributed by atoms with Crippen molar-refractivity contribution in [2.45, 2.75) is 103 Å². The van der Waals surface area contributed by atoms with Gasteiger partial charge in [0.25, 0.3) is 0 Å². The molecule has 0 fully saturated rings. The molecule has 0 spiro atoms. The van der Waals surface area contributed by atoms with Crippen LogP contribution in [0.15, 0.2) is 0 Å². The monoisotopic (exact) mass is 348 g/mol. The first-order chi connectivity index (χ1) is 10.9. The molecular weight excluding hydrogens is 316 g/mol. The van der Waals surface area contributed by atoms with Gasteiger partial charge in [0.1, 0.15) is 4.87 Å². The highest BCUT2D eigenvalue weighted by Gasteiger charge is 2.33. The number of hydrogen-bond donors (Lipinski definition) is 0. The number of alkyl halides is 1. The smallest absolute Gasteiger partial charge is 0.247 e. The van der Waals surface area contributed by atoms with Crippen LogP contribution in [0, 0.1) is 0 Å². The SMILES string of the molecule is CCCCCCCCCCCC(=O)OOC(=O)C(C)(Cl)CCC. The molecule has 0 aliphatic rings. The molecule has 0 saturated heterocycles. The van der Waals surface area contributed by atoms with Gasteiger partial charge in [-0.05, 0) is 19.8 Å². The normalized spacial score (nSPS) is 13.4. The average molecular weight is 349 g/mol. The van der Waals surface area contributed by atoms with Gasteiger partial charge in [-0.2, -0.15) is 0 Å². The van der Waals surface area contributed by atoms with E-state index in [9.17, 15) is 9.59 Å². The van der Waals surface area contributed by atoms with Gasteiger partial charge in [0.15, 0.2) is 0 Å². The zero-order valence-electron chi connectivity index (χ0n) is 15.0. The lowest BCUT2D eigenvalue weighted by Gasteiger charge is -2.17. The van der Waals surface area contributed by atoms with Gasteiger partial charge in [0.05, 0.1) is 6.42 Å². The van der Waals surface area contributed by atoms with Crippen molar-refractivity contribution in [3.63, 3.8) is 0 Å². The summed E-state index contributed by atoms with van der Waals surface area (Å²) in [5.74, 6) is -1.22. The van der Waals surface area contributed by atoms with E-state index in [2.05, 4.69) is 16.7 Å². The third-order valence-electron chi connectivity index (χ3n) is 3.84. The minimum absolute atomic E-state index is 0.274. The molecule has 0 aromatic heterocycles. The van der Waals surface area contributed by atoms with Crippen molar-refractivity contribution >= 4 is 23.5 Å². The van der Waals surface area contributed by atoms with Crippen LogP contribution >= 0.6 is 11.6 Å². The van der Waals surface area contributed by atoms with E-state index in [4.69, 9.17) is 11.6 Å². The van der Waals surface area contributed by atoms with E-state index in [0.29, 0.717) is 6.42 Å². The highest BCUT2D eigenvalue weighted by molar-refractivity contribution is 6.33. The molecule has 0 aromatic rings. The third-order valence-corrected chi connectivity index (χ3v) is 4.18. The number of unbranched alkanes of at least 4 members (excludes halogenated alkanes) is 8. The third kappa shape index (κ3) is 12.3. The van der Waals surface area contributed by atoms with E-state index in [1.807, 2.05) is 6.92 Å². The molecule has 0 N–H and O–H groups in total. The van der Waals surface area contributed by atoms with Gasteiger partial charge in [0.2, 0.25) is 0 Å². The van der Waals surface area contributed by atoms with Crippen LogP contribution in [0.5, 0.6) is 0 Å². The molecule has 4 nitrogen and oxygen atoms in total. The summed E-state index contributed by atoms with van der Waals surface area (Å²) >= 11 is 6.01.